The Hall–Kier alpha value is -1.000. The molecule has 0 spiro atoms. The monoisotopic (exact) mass is 670 g/mol. The summed E-state index contributed by atoms with van der Waals surface area (Å²) in [4.78, 5) is 4.30. The number of hydrogen-bond donors (Lipinski definition) is 0. The van der Waals surface area contributed by atoms with Crippen molar-refractivity contribution in [2.45, 2.75) is 31.3 Å². The van der Waals surface area contributed by atoms with Gasteiger partial charge in [0.1, 0.15) is 0 Å². The molecule has 0 aliphatic carbocycles. The van der Waals surface area contributed by atoms with Crippen molar-refractivity contribution in [3.05, 3.63) is 59.7 Å². The highest BCUT2D eigenvalue weighted by atomic mass is 32.2. The number of ether oxygens (including phenoxy) is 4. The summed E-state index contributed by atoms with van der Waals surface area (Å²) >= 11 is 27.3. The number of benzene rings is 2. The molecule has 4 atom stereocenters. The van der Waals surface area contributed by atoms with Crippen molar-refractivity contribution in [2.75, 3.05) is 32.8 Å². The third-order valence-electron chi connectivity index (χ3n) is 6.42. The van der Waals surface area contributed by atoms with Crippen molar-refractivity contribution in [1.82, 2.24) is 0 Å². The molecule has 6 nitrogen and oxygen atoms in total. The van der Waals surface area contributed by atoms with Crippen LogP contribution in [0.1, 0.15) is 11.1 Å². The second kappa shape index (κ2) is 12.5. The minimum absolute atomic E-state index is 0.177. The number of nitrogens with zero attached hydrogens (tertiary/aromatic N) is 2. The predicted molar refractivity (Wildman–Crippen MR) is 180 cm³/mol. The Morgan fingerprint density at radius 3 is 1.03 bits per heavy atom. The van der Waals surface area contributed by atoms with Gasteiger partial charge in [-0.2, -0.15) is 0 Å². The largest absolute Gasteiger partial charge is 0.453 e. The maximum absolute atomic E-state index is 5.92. The van der Waals surface area contributed by atoms with Crippen LogP contribution < -0.4 is 9.80 Å². The van der Waals surface area contributed by atoms with Crippen LogP contribution in [0.3, 0.4) is 0 Å². The van der Waals surface area contributed by atoms with E-state index < -0.39 is 0 Å². The summed E-state index contributed by atoms with van der Waals surface area (Å²) in [5, 5.41) is 0. The van der Waals surface area contributed by atoms with Gasteiger partial charge in [0.15, 0.2) is 24.9 Å². The van der Waals surface area contributed by atoms with E-state index in [1.165, 1.54) is 11.1 Å². The Labute approximate surface area is 265 Å². The minimum atomic E-state index is -0.177. The summed E-state index contributed by atoms with van der Waals surface area (Å²) in [6.07, 6.45) is 0.0965. The van der Waals surface area contributed by atoms with E-state index in [1.54, 1.807) is 47.0 Å². The summed E-state index contributed by atoms with van der Waals surface area (Å²) in [7, 11) is 0. The molecule has 0 saturated carbocycles. The molecule has 0 radical (unpaired) electrons. The summed E-state index contributed by atoms with van der Waals surface area (Å²) in [6.45, 7) is 0. The van der Waals surface area contributed by atoms with E-state index in [4.69, 9.17) is 67.8 Å². The van der Waals surface area contributed by atoms with Gasteiger partial charge in [-0.15, -0.1) is 0 Å². The Kier molecular flexibility index (Phi) is 9.00. The molecule has 0 N–H and O–H groups in total. The fourth-order valence-corrected chi connectivity index (χ4v) is 8.67. The van der Waals surface area contributed by atoms with Crippen LogP contribution in [0.25, 0.3) is 0 Å². The van der Waals surface area contributed by atoms with Crippen LogP contribution in [0, 0.1) is 0 Å². The van der Waals surface area contributed by atoms with Crippen LogP contribution in [0.4, 0.5) is 11.4 Å². The van der Waals surface area contributed by atoms with E-state index >= 15 is 0 Å². The van der Waals surface area contributed by atoms with Crippen molar-refractivity contribution in [3.8, 4) is 0 Å². The van der Waals surface area contributed by atoms with Gasteiger partial charge >= 0.3 is 0 Å². The lowest BCUT2D eigenvalue weighted by Crippen LogP contribution is -2.46. The van der Waals surface area contributed by atoms with Gasteiger partial charge in [-0.1, -0.05) is 71.3 Å². The van der Waals surface area contributed by atoms with Crippen molar-refractivity contribution in [3.63, 3.8) is 0 Å². The Balaban J connectivity index is 1.16. The zero-order valence-electron chi connectivity index (χ0n) is 20.3. The molecule has 14 heteroatoms. The molecule has 4 unspecified atom stereocenters. The zero-order chi connectivity index (χ0) is 26.9. The number of hydrogen-bond acceptors (Lipinski definition) is 14. The quantitative estimate of drug-likeness (QED) is 0.292. The lowest BCUT2D eigenvalue weighted by Gasteiger charge is -2.33. The molecule has 0 aromatic heterocycles. The number of thiocarbonyl (C=S) groups is 4. The van der Waals surface area contributed by atoms with Crippen LogP contribution in [0.15, 0.2) is 48.5 Å². The van der Waals surface area contributed by atoms with Crippen molar-refractivity contribution in [2.24, 2.45) is 0 Å². The van der Waals surface area contributed by atoms with Crippen molar-refractivity contribution >= 4 is 125 Å². The second-order valence-electron chi connectivity index (χ2n) is 8.86. The fraction of sp³-hybridized carbons (Fsp3) is 0.360. The van der Waals surface area contributed by atoms with E-state index in [-0.39, 0.29) is 24.9 Å². The molecule has 0 amide bonds. The van der Waals surface area contributed by atoms with Gasteiger partial charge in [0.25, 0.3) is 0 Å². The highest BCUT2D eigenvalue weighted by molar-refractivity contribution is 8.24. The summed E-state index contributed by atoms with van der Waals surface area (Å²) in [5.41, 5.74) is 4.46. The van der Waals surface area contributed by atoms with Crippen molar-refractivity contribution in [1.29, 1.82) is 0 Å². The molecule has 4 saturated heterocycles. The summed E-state index contributed by atoms with van der Waals surface area (Å²) < 4.78 is 25.9. The first-order valence-electron chi connectivity index (χ1n) is 12.0. The Morgan fingerprint density at radius 1 is 0.513 bits per heavy atom. The first kappa shape index (κ1) is 28.1. The molecule has 6 rings (SSSR count). The Bertz CT molecular complexity index is 1130. The van der Waals surface area contributed by atoms with E-state index in [0.717, 1.165) is 40.8 Å². The lowest BCUT2D eigenvalue weighted by atomic mass is 10.0. The first-order chi connectivity index (χ1) is 18.9. The second-order valence-corrected chi connectivity index (χ2v) is 15.3. The van der Waals surface area contributed by atoms with E-state index in [9.17, 15) is 0 Å². The van der Waals surface area contributed by atoms with E-state index in [0.29, 0.717) is 17.5 Å². The summed E-state index contributed by atoms with van der Waals surface area (Å²) in [6, 6.07) is 17.1. The molecule has 4 heterocycles. The molecule has 2 aromatic rings. The topological polar surface area (TPSA) is 43.4 Å². The lowest BCUT2D eigenvalue weighted by molar-refractivity contribution is 0.145. The molecule has 4 fully saturated rings. The van der Waals surface area contributed by atoms with Crippen LogP contribution >= 0.6 is 95.9 Å². The SMILES string of the molecule is S=C1OC(N(c2ccc(Cc3ccc(N(C4CSC(=S)O4)C4CSC(=S)O4)cc3)cc2)C2CSC(=S)O2)CS1. The molecular formula is C25H22N2O4S8. The maximum atomic E-state index is 5.92. The minimum Gasteiger partial charge on any atom is -0.453 e. The van der Waals surface area contributed by atoms with Crippen LogP contribution in [0.5, 0.6) is 0 Å². The van der Waals surface area contributed by atoms with Gasteiger partial charge < -0.3 is 18.9 Å². The van der Waals surface area contributed by atoms with Crippen molar-refractivity contribution < 1.29 is 18.9 Å². The third kappa shape index (κ3) is 6.58. The van der Waals surface area contributed by atoms with Gasteiger partial charge in [0.05, 0.1) is 23.0 Å². The smallest absolute Gasteiger partial charge is 0.222 e. The standard InChI is InChI=1S/C25H22N2O4S8/c32-22-28-18(10-36-22)26(19-11-37-23(33)29-19)16-5-1-14(2-6-16)9-15-3-7-17(8-4-15)27(20-12-38-24(34)30-20)21-13-39-25(35)31-21/h1-8,18-21H,9-13H2. The molecular weight excluding hydrogens is 649 g/mol. The molecule has 2 aromatic carbocycles. The van der Waals surface area contributed by atoms with E-state index in [2.05, 4.69) is 58.3 Å². The molecule has 4 aliphatic heterocycles. The molecule has 39 heavy (non-hydrogen) atoms. The molecule has 4 aliphatic rings. The van der Waals surface area contributed by atoms with Gasteiger partial charge in [0.2, 0.25) is 17.5 Å². The van der Waals surface area contributed by atoms with Gasteiger partial charge in [-0.05, 0) is 90.7 Å². The van der Waals surface area contributed by atoms with Crippen LogP contribution in [0.2, 0.25) is 0 Å². The first-order valence-corrected chi connectivity index (χ1v) is 17.6. The maximum Gasteiger partial charge on any atom is 0.222 e. The van der Waals surface area contributed by atoms with E-state index in [1.807, 2.05) is 0 Å². The molecule has 204 valence electrons. The number of thioether (sulfide) groups is 4. The zero-order valence-corrected chi connectivity index (χ0v) is 26.8. The molecule has 0 bridgehead atoms. The average molecular weight is 671 g/mol. The third-order valence-corrected chi connectivity index (χ3v) is 11.4. The van der Waals surface area contributed by atoms with Gasteiger partial charge in [0, 0.05) is 11.4 Å². The van der Waals surface area contributed by atoms with Gasteiger partial charge in [-0.3, -0.25) is 9.80 Å². The predicted octanol–water partition coefficient (Wildman–Crippen LogP) is 6.39. The number of rotatable bonds is 8. The fourth-order valence-electron chi connectivity index (χ4n) is 4.67. The summed E-state index contributed by atoms with van der Waals surface area (Å²) in [5.74, 6) is 3.03. The van der Waals surface area contributed by atoms with Gasteiger partial charge in [-0.25, -0.2) is 0 Å². The number of anilines is 2. The highest BCUT2D eigenvalue weighted by Gasteiger charge is 2.38. The Morgan fingerprint density at radius 2 is 0.795 bits per heavy atom. The van der Waals surface area contributed by atoms with Crippen LogP contribution in [-0.2, 0) is 25.4 Å². The average Bonchev–Trinajstić information content (AvgIpc) is 3.73. The normalized spacial score (nSPS) is 26.3. The van der Waals surface area contributed by atoms with Crippen LogP contribution in [-0.4, -0.2) is 65.5 Å². The highest BCUT2D eigenvalue weighted by Crippen LogP contribution is 2.35.